The fraction of sp³-hybridized carbons (Fsp3) is 0.562. The lowest BCUT2D eigenvalue weighted by atomic mass is 10.0. The molecule has 2 atom stereocenters. The van der Waals surface area contributed by atoms with E-state index in [0.717, 1.165) is 18.5 Å². The highest BCUT2D eigenvalue weighted by Gasteiger charge is 2.16. The number of amides is 1. The van der Waals surface area contributed by atoms with Gasteiger partial charge in [-0.2, -0.15) is 0 Å². The molecule has 0 spiro atoms. The fourth-order valence-electron chi connectivity index (χ4n) is 2.69. The van der Waals surface area contributed by atoms with Crippen molar-refractivity contribution < 1.29 is 4.79 Å². The fourth-order valence-corrected chi connectivity index (χ4v) is 2.99. The molecule has 2 N–H and O–H groups in total. The first kappa shape index (κ1) is 15.3. The summed E-state index contributed by atoms with van der Waals surface area (Å²) in [4.78, 5) is 12.0. The van der Waals surface area contributed by atoms with E-state index >= 15 is 0 Å². The van der Waals surface area contributed by atoms with Crippen LogP contribution in [0.25, 0.3) is 0 Å². The standard InChI is InChI=1S/C16H23ClN2O/c1-12(14-7-2-3-8-15(14)17)19-16(20)10-9-13-6-4-5-11-18-13/h2-3,7-8,12-13,18H,4-6,9-11H2,1H3,(H,19,20). The zero-order valence-corrected chi connectivity index (χ0v) is 12.7. The number of hydrogen-bond donors (Lipinski definition) is 2. The van der Waals surface area contributed by atoms with Crippen molar-refractivity contribution in [1.82, 2.24) is 10.6 Å². The van der Waals surface area contributed by atoms with Crippen molar-refractivity contribution in [3.8, 4) is 0 Å². The van der Waals surface area contributed by atoms with Crippen LogP contribution in [-0.4, -0.2) is 18.5 Å². The molecule has 4 heteroatoms. The lowest BCUT2D eigenvalue weighted by molar-refractivity contribution is -0.122. The Hall–Kier alpha value is -1.06. The van der Waals surface area contributed by atoms with E-state index in [1.165, 1.54) is 19.3 Å². The third kappa shape index (κ3) is 4.50. The lowest BCUT2D eigenvalue weighted by Crippen LogP contribution is -2.35. The third-order valence-electron chi connectivity index (χ3n) is 3.88. The van der Waals surface area contributed by atoms with E-state index in [0.29, 0.717) is 17.5 Å². The summed E-state index contributed by atoms with van der Waals surface area (Å²) >= 11 is 6.14. The van der Waals surface area contributed by atoms with Crippen LogP contribution in [0.2, 0.25) is 5.02 Å². The van der Waals surface area contributed by atoms with Crippen molar-refractivity contribution in [2.75, 3.05) is 6.54 Å². The summed E-state index contributed by atoms with van der Waals surface area (Å²) in [7, 11) is 0. The van der Waals surface area contributed by atoms with E-state index in [9.17, 15) is 4.79 Å². The zero-order valence-electron chi connectivity index (χ0n) is 12.0. The summed E-state index contributed by atoms with van der Waals surface area (Å²) < 4.78 is 0. The van der Waals surface area contributed by atoms with Gasteiger partial charge in [0.15, 0.2) is 0 Å². The lowest BCUT2D eigenvalue weighted by Gasteiger charge is -2.23. The Labute approximate surface area is 126 Å². The highest BCUT2D eigenvalue weighted by molar-refractivity contribution is 6.31. The highest BCUT2D eigenvalue weighted by Crippen LogP contribution is 2.22. The highest BCUT2D eigenvalue weighted by atomic mass is 35.5. The van der Waals surface area contributed by atoms with Crippen LogP contribution < -0.4 is 10.6 Å². The monoisotopic (exact) mass is 294 g/mol. The summed E-state index contributed by atoms with van der Waals surface area (Å²) in [6.07, 6.45) is 5.21. The number of nitrogens with one attached hydrogen (secondary N) is 2. The van der Waals surface area contributed by atoms with E-state index in [4.69, 9.17) is 11.6 Å². The number of carbonyl (C=O) groups excluding carboxylic acids is 1. The quantitative estimate of drug-likeness (QED) is 0.873. The molecule has 3 nitrogen and oxygen atoms in total. The van der Waals surface area contributed by atoms with Crippen LogP contribution in [0.4, 0.5) is 0 Å². The Bertz CT molecular complexity index is 444. The molecule has 1 amide bonds. The van der Waals surface area contributed by atoms with Crippen LogP contribution in [0.1, 0.15) is 50.6 Å². The smallest absolute Gasteiger partial charge is 0.220 e. The van der Waals surface area contributed by atoms with E-state index < -0.39 is 0 Å². The van der Waals surface area contributed by atoms with Crippen molar-refractivity contribution in [2.45, 2.75) is 51.1 Å². The molecule has 1 aliphatic rings. The third-order valence-corrected chi connectivity index (χ3v) is 4.23. The Kier molecular flexibility index (Phi) is 5.86. The molecule has 0 saturated carbocycles. The van der Waals surface area contributed by atoms with Gasteiger partial charge in [-0.25, -0.2) is 0 Å². The molecule has 1 aliphatic heterocycles. The SMILES string of the molecule is CC(NC(=O)CCC1CCCCN1)c1ccccc1Cl. The normalized spacial score (nSPS) is 20.4. The van der Waals surface area contributed by atoms with Gasteiger partial charge in [-0.1, -0.05) is 36.2 Å². The van der Waals surface area contributed by atoms with Gasteiger partial charge in [0.05, 0.1) is 6.04 Å². The second-order valence-corrected chi connectivity index (χ2v) is 5.90. The number of rotatable bonds is 5. The first-order chi connectivity index (χ1) is 9.66. The number of hydrogen-bond acceptors (Lipinski definition) is 2. The van der Waals surface area contributed by atoms with Crippen molar-refractivity contribution in [2.24, 2.45) is 0 Å². The molecule has 20 heavy (non-hydrogen) atoms. The molecule has 110 valence electrons. The number of benzene rings is 1. The molecule has 1 fully saturated rings. The first-order valence-electron chi connectivity index (χ1n) is 7.44. The summed E-state index contributed by atoms with van der Waals surface area (Å²) in [6, 6.07) is 8.10. The topological polar surface area (TPSA) is 41.1 Å². The van der Waals surface area contributed by atoms with Crippen molar-refractivity contribution in [1.29, 1.82) is 0 Å². The van der Waals surface area contributed by atoms with Crippen LogP contribution in [0.3, 0.4) is 0 Å². The number of carbonyl (C=O) groups is 1. The number of halogens is 1. The van der Waals surface area contributed by atoms with Crippen LogP contribution in [0, 0.1) is 0 Å². The second kappa shape index (κ2) is 7.65. The maximum atomic E-state index is 12.0. The molecule has 1 heterocycles. The van der Waals surface area contributed by atoms with Gasteiger partial charge in [0.25, 0.3) is 0 Å². The molecule has 0 radical (unpaired) electrons. The molecular weight excluding hydrogens is 272 g/mol. The summed E-state index contributed by atoms with van der Waals surface area (Å²) in [5.41, 5.74) is 0.971. The van der Waals surface area contributed by atoms with Crippen LogP contribution in [0.5, 0.6) is 0 Å². The van der Waals surface area contributed by atoms with Gasteiger partial charge in [0, 0.05) is 17.5 Å². The molecule has 0 aromatic heterocycles. The maximum Gasteiger partial charge on any atom is 0.220 e. The predicted molar refractivity (Wildman–Crippen MR) is 82.9 cm³/mol. The number of piperidine rings is 1. The minimum atomic E-state index is -0.0458. The van der Waals surface area contributed by atoms with Crippen LogP contribution in [0.15, 0.2) is 24.3 Å². The average Bonchev–Trinajstić information content (AvgIpc) is 2.46. The molecule has 2 unspecified atom stereocenters. The van der Waals surface area contributed by atoms with Crippen molar-refractivity contribution in [3.05, 3.63) is 34.9 Å². The van der Waals surface area contributed by atoms with E-state index in [1.54, 1.807) is 0 Å². The Morgan fingerprint density at radius 2 is 2.25 bits per heavy atom. The van der Waals surface area contributed by atoms with Gasteiger partial charge in [-0.15, -0.1) is 0 Å². The molecule has 2 rings (SSSR count). The Balaban J connectivity index is 1.77. The van der Waals surface area contributed by atoms with Crippen LogP contribution >= 0.6 is 11.6 Å². The summed E-state index contributed by atoms with van der Waals surface area (Å²) in [5.74, 6) is 0.102. The van der Waals surface area contributed by atoms with Gasteiger partial charge in [-0.3, -0.25) is 4.79 Å². The molecule has 1 aromatic rings. The summed E-state index contributed by atoms with van der Waals surface area (Å²) in [5, 5.41) is 7.20. The van der Waals surface area contributed by atoms with E-state index in [2.05, 4.69) is 10.6 Å². The van der Waals surface area contributed by atoms with Gasteiger partial charge < -0.3 is 10.6 Å². The molecule has 1 saturated heterocycles. The van der Waals surface area contributed by atoms with E-state index in [-0.39, 0.29) is 11.9 Å². The van der Waals surface area contributed by atoms with Crippen molar-refractivity contribution >= 4 is 17.5 Å². The van der Waals surface area contributed by atoms with Gasteiger partial charge in [-0.05, 0) is 44.4 Å². The molecule has 1 aromatic carbocycles. The predicted octanol–water partition coefficient (Wildman–Crippen LogP) is 3.44. The minimum absolute atomic E-state index is 0.0458. The minimum Gasteiger partial charge on any atom is -0.350 e. The molecule has 0 aliphatic carbocycles. The van der Waals surface area contributed by atoms with E-state index in [1.807, 2.05) is 31.2 Å². The average molecular weight is 295 g/mol. The maximum absolute atomic E-state index is 12.0. The molecular formula is C16H23ClN2O. The zero-order chi connectivity index (χ0) is 14.4. The van der Waals surface area contributed by atoms with Crippen LogP contribution in [-0.2, 0) is 4.79 Å². The first-order valence-corrected chi connectivity index (χ1v) is 7.82. The van der Waals surface area contributed by atoms with Gasteiger partial charge in [0.1, 0.15) is 0 Å². The molecule has 0 bridgehead atoms. The largest absolute Gasteiger partial charge is 0.350 e. The summed E-state index contributed by atoms with van der Waals surface area (Å²) in [6.45, 7) is 3.06. The van der Waals surface area contributed by atoms with Crippen molar-refractivity contribution in [3.63, 3.8) is 0 Å². The Morgan fingerprint density at radius 1 is 1.45 bits per heavy atom. The Morgan fingerprint density at radius 3 is 2.95 bits per heavy atom. The van der Waals surface area contributed by atoms with Gasteiger partial charge in [0.2, 0.25) is 5.91 Å². The second-order valence-electron chi connectivity index (χ2n) is 5.50. The van der Waals surface area contributed by atoms with Gasteiger partial charge >= 0.3 is 0 Å².